The predicted octanol–water partition coefficient (Wildman–Crippen LogP) is 7.85. The molecule has 1 aliphatic rings. The SMILES string of the molecule is O=C(O)CCNC(=O)c1ccc(CN(C(=NCC(F)(F)F)NC(C=S)c2ccc(Cl)cc2)c2ccc(C3CCCCC3)cc2)cc1. The van der Waals surface area contributed by atoms with Gasteiger partial charge in [-0.2, -0.15) is 13.2 Å². The van der Waals surface area contributed by atoms with Crippen LogP contribution in [0.4, 0.5) is 18.9 Å². The number of benzene rings is 3. The molecular formula is C34H36ClF3N4O3S. The molecule has 7 nitrogen and oxygen atoms in total. The predicted molar refractivity (Wildman–Crippen MR) is 179 cm³/mol. The van der Waals surface area contributed by atoms with Crippen LogP contribution in [-0.2, 0) is 11.3 Å². The first kappa shape index (κ1) is 34.9. The van der Waals surface area contributed by atoms with Gasteiger partial charge in [0.1, 0.15) is 6.54 Å². The number of carboxylic acids is 1. The number of hydrogen-bond donors (Lipinski definition) is 3. The van der Waals surface area contributed by atoms with Crippen molar-refractivity contribution in [2.75, 3.05) is 18.0 Å². The summed E-state index contributed by atoms with van der Waals surface area (Å²) in [7, 11) is 0. The zero-order chi connectivity index (χ0) is 33.1. The lowest BCUT2D eigenvalue weighted by molar-refractivity contribution is -0.136. The Kier molecular flexibility index (Phi) is 12.6. The van der Waals surface area contributed by atoms with E-state index in [1.54, 1.807) is 53.4 Å². The number of thiocarbonyl (C=S) groups is 1. The summed E-state index contributed by atoms with van der Waals surface area (Å²) < 4.78 is 40.6. The lowest BCUT2D eigenvalue weighted by atomic mass is 9.84. The topological polar surface area (TPSA) is 94.0 Å². The molecule has 0 heterocycles. The fourth-order valence-corrected chi connectivity index (χ4v) is 5.71. The van der Waals surface area contributed by atoms with Crippen LogP contribution in [0.2, 0.25) is 5.02 Å². The van der Waals surface area contributed by atoms with Crippen molar-refractivity contribution in [3.05, 3.63) is 100 Å². The van der Waals surface area contributed by atoms with Crippen molar-refractivity contribution in [2.24, 2.45) is 4.99 Å². The molecule has 1 atom stereocenters. The highest BCUT2D eigenvalue weighted by Crippen LogP contribution is 2.34. The number of carbonyl (C=O) groups is 2. The molecule has 3 aromatic rings. The second kappa shape index (κ2) is 16.6. The van der Waals surface area contributed by atoms with Crippen molar-refractivity contribution in [1.82, 2.24) is 10.6 Å². The van der Waals surface area contributed by atoms with Crippen molar-refractivity contribution in [1.29, 1.82) is 0 Å². The van der Waals surface area contributed by atoms with E-state index in [0.717, 1.165) is 12.8 Å². The number of aliphatic carboxylic acids is 1. The number of nitrogens with zero attached hydrogens (tertiary/aromatic N) is 2. The molecule has 0 aromatic heterocycles. The first-order valence-electron chi connectivity index (χ1n) is 15.1. The Morgan fingerprint density at radius 1 is 1.00 bits per heavy atom. The van der Waals surface area contributed by atoms with Gasteiger partial charge in [0.05, 0.1) is 19.0 Å². The van der Waals surface area contributed by atoms with Crippen LogP contribution >= 0.6 is 23.8 Å². The fourth-order valence-electron chi connectivity index (χ4n) is 5.36. The van der Waals surface area contributed by atoms with Gasteiger partial charge in [-0.1, -0.05) is 79.5 Å². The maximum Gasteiger partial charge on any atom is 0.408 e. The van der Waals surface area contributed by atoms with Crippen molar-refractivity contribution >= 4 is 52.7 Å². The average molecular weight is 673 g/mol. The van der Waals surface area contributed by atoms with Gasteiger partial charge in [0, 0.05) is 28.2 Å². The second-order valence-electron chi connectivity index (χ2n) is 11.2. The highest BCUT2D eigenvalue weighted by Gasteiger charge is 2.29. The summed E-state index contributed by atoms with van der Waals surface area (Å²) >= 11 is 11.3. The Balaban J connectivity index is 1.67. The first-order valence-corrected chi connectivity index (χ1v) is 15.9. The molecule has 3 N–H and O–H groups in total. The summed E-state index contributed by atoms with van der Waals surface area (Å²) in [6.45, 7) is -1.30. The maximum atomic E-state index is 13.5. The van der Waals surface area contributed by atoms with Crippen LogP contribution in [0.25, 0.3) is 0 Å². The molecule has 12 heteroatoms. The van der Waals surface area contributed by atoms with Crippen LogP contribution in [0.1, 0.15) is 77.5 Å². The number of aliphatic imine (C=N–C) groups is 1. The third-order valence-corrected chi connectivity index (χ3v) is 8.30. The number of carboxylic acid groups (broad SMARTS) is 1. The first-order chi connectivity index (χ1) is 22.0. The number of alkyl halides is 3. The van der Waals surface area contributed by atoms with E-state index in [-0.39, 0.29) is 25.5 Å². The van der Waals surface area contributed by atoms with Gasteiger partial charge in [0.15, 0.2) is 5.96 Å². The number of nitrogens with one attached hydrogen (secondary N) is 2. The molecule has 0 aliphatic heterocycles. The van der Waals surface area contributed by atoms with Gasteiger partial charge in [-0.05, 0) is 71.8 Å². The molecule has 1 aliphatic carbocycles. The average Bonchev–Trinajstić information content (AvgIpc) is 3.05. The van der Waals surface area contributed by atoms with Crippen LogP contribution in [0, 0.1) is 0 Å². The number of hydrogen-bond acceptors (Lipinski definition) is 4. The maximum absolute atomic E-state index is 13.5. The Labute approximate surface area is 276 Å². The van der Waals surface area contributed by atoms with Crippen LogP contribution in [-0.4, -0.2) is 47.6 Å². The number of anilines is 1. The molecule has 244 valence electrons. The minimum absolute atomic E-state index is 0.0140. The fraction of sp³-hybridized carbons (Fsp3) is 0.353. The number of rotatable bonds is 12. The zero-order valence-electron chi connectivity index (χ0n) is 25.1. The van der Waals surface area contributed by atoms with Gasteiger partial charge >= 0.3 is 12.1 Å². The van der Waals surface area contributed by atoms with Gasteiger partial charge in [0.2, 0.25) is 0 Å². The molecule has 3 aromatic carbocycles. The molecule has 4 rings (SSSR count). The lowest BCUT2D eigenvalue weighted by Gasteiger charge is -2.30. The molecule has 0 spiro atoms. The minimum Gasteiger partial charge on any atom is -0.481 e. The van der Waals surface area contributed by atoms with E-state index in [9.17, 15) is 22.8 Å². The van der Waals surface area contributed by atoms with Crippen molar-refractivity contribution < 1.29 is 27.9 Å². The Morgan fingerprint density at radius 2 is 1.65 bits per heavy atom. The lowest BCUT2D eigenvalue weighted by Crippen LogP contribution is -2.44. The van der Waals surface area contributed by atoms with E-state index in [1.165, 1.54) is 30.2 Å². The molecule has 1 amide bonds. The second-order valence-corrected chi connectivity index (χ2v) is 11.9. The standard InChI is InChI=1S/C34H36ClF3N4O3S/c35-28-14-10-26(11-15-28)30(21-46)41-33(40-22-34(36,37)38)42(29-16-12-25(13-17-29)24-4-2-1-3-5-24)20-23-6-8-27(9-7-23)32(45)39-19-18-31(43)44/h6-17,21,24,30H,1-5,18-20,22H2,(H,39,45)(H,40,41)(H,43,44). The third-order valence-electron chi connectivity index (χ3n) is 7.78. The van der Waals surface area contributed by atoms with Gasteiger partial charge < -0.3 is 20.6 Å². The summed E-state index contributed by atoms with van der Waals surface area (Å²) in [6.07, 6.45) is 1.04. The van der Waals surface area contributed by atoms with Gasteiger partial charge in [0.25, 0.3) is 5.91 Å². The van der Waals surface area contributed by atoms with E-state index < -0.39 is 30.6 Å². The van der Waals surface area contributed by atoms with E-state index in [2.05, 4.69) is 15.6 Å². The highest BCUT2D eigenvalue weighted by atomic mass is 35.5. The normalized spacial score (nSPS) is 14.7. The molecule has 1 saturated carbocycles. The van der Waals surface area contributed by atoms with Crippen LogP contribution in [0.5, 0.6) is 0 Å². The number of amides is 1. The van der Waals surface area contributed by atoms with Crippen molar-refractivity contribution in [3.63, 3.8) is 0 Å². The number of guanidine groups is 1. The molecule has 46 heavy (non-hydrogen) atoms. The smallest absolute Gasteiger partial charge is 0.408 e. The van der Waals surface area contributed by atoms with E-state index in [1.807, 2.05) is 24.3 Å². The Morgan fingerprint density at radius 3 is 2.24 bits per heavy atom. The Hall–Kier alpha value is -3.96. The number of halogens is 4. The third kappa shape index (κ3) is 10.6. The number of carbonyl (C=O) groups excluding carboxylic acids is 1. The monoisotopic (exact) mass is 672 g/mol. The molecule has 0 saturated heterocycles. The highest BCUT2D eigenvalue weighted by molar-refractivity contribution is 7.79. The van der Waals surface area contributed by atoms with Gasteiger partial charge in [-0.3, -0.25) is 9.59 Å². The summed E-state index contributed by atoms with van der Waals surface area (Å²) in [5.41, 5.74) is 3.55. The van der Waals surface area contributed by atoms with Crippen LogP contribution in [0.15, 0.2) is 77.8 Å². The molecular weight excluding hydrogens is 637 g/mol. The van der Waals surface area contributed by atoms with E-state index in [4.69, 9.17) is 28.9 Å². The summed E-state index contributed by atoms with van der Waals surface area (Å²) in [6, 6.07) is 20.6. The molecule has 1 unspecified atom stereocenters. The molecule has 0 radical (unpaired) electrons. The van der Waals surface area contributed by atoms with Gasteiger partial charge in [-0.15, -0.1) is 0 Å². The van der Waals surface area contributed by atoms with Crippen molar-refractivity contribution in [3.8, 4) is 0 Å². The summed E-state index contributed by atoms with van der Waals surface area (Å²) in [5, 5.41) is 16.4. The largest absolute Gasteiger partial charge is 0.481 e. The molecule has 0 bridgehead atoms. The summed E-state index contributed by atoms with van der Waals surface area (Å²) in [4.78, 5) is 28.9. The summed E-state index contributed by atoms with van der Waals surface area (Å²) in [5.74, 6) is -1.03. The zero-order valence-corrected chi connectivity index (χ0v) is 26.7. The van der Waals surface area contributed by atoms with Gasteiger partial charge in [-0.25, -0.2) is 4.99 Å². The van der Waals surface area contributed by atoms with Crippen LogP contribution in [0.3, 0.4) is 0 Å². The molecule has 1 fully saturated rings. The van der Waals surface area contributed by atoms with E-state index >= 15 is 0 Å². The van der Waals surface area contributed by atoms with E-state index in [0.29, 0.717) is 33.3 Å². The van der Waals surface area contributed by atoms with Crippen molar-refractivity contribution in [2.45, 2.75) is 63.2 Å². The quantitative estimate of drug-likeness (QED) is 0.103. The minimum atomic E-state index is -4.55. The van der Waals surface area contributed by atoms with Crippen LogP contribution < -0.4 is 15.5 Å². The Bertz CT molecular complexity index is 1490.